The van der Waals surface area contributed by atoms with Crippen molar-refractivity contribution < 1.29 is 19.0 Å². The Labute approximate surface area is 146 Å². The van der Waals surface area contributed by atoms with Crippen molar-refractivity contribution in [1.29, 1.82) is 0 Å². The van der Waals surface area contributed by atoms with Crippen LogP contribution in [0.5, 0.6) is 5.75 Å². The molecule has 2 aromatic rings. The molecule has 0 radical (unpaired) electrons. The number of likely N-dealkylation sites (tertiary alicyclic amines) is 1. The van der Waals surface area contributed by atoms with Crippen LogP contribution < -0.4 is 4.74 Å². The summed E-state index contributed by atoms with van der Waals surface area (Å²) in [5.41, 5.74) is 1.34. The highest BCUT2D eigenvalue weighted by molar-refractivity contribution is 5.90. The summed E-state index contributed by atoms with van der Waals surface area (Å²) in [6.45, 7) is 4.24. The number of hydrogen-bond acceptors (Lipinski definition) is 3. The van der Waals surface area contributed by atoms with Crippen molar-refractivity contribution in [2.24, 2.45) is 0 Å². The second kappa shape index (κ2) is 7.66. The van der Waals surface area contributed by atoms with Crippen LogP contribution in [0.1, 0.15) is 35.2 Å². The number of ether oxygens (including phenoxy) is 1. The van der Waals surface area contributed by atoms with Gasteiger partial charge in [-0.25, -0.2) is 9.18 Å². The van der Waals surface area contributed by atoms with E-state index in [1.165, 1.54) is 12.1 Å². The van der Waals surface area contributed by atoms with E-state index >= 15 is 0 Å². The van der Waals surface area contributed by atoms with E-state index in [4.69, 9.17) is 4.74 Å². The highest BCUT2D eigenvalue weighted by Gasteiger charge is 2.29. The number of aromatic carboxylic acids is 1. The summed E-state index contributed by atoms with van der Waals surface area (Å²) in [6, 6.07) is 13.8. The summed E-state index contributed by atoms with van der Waals surface area (Å²) in [4.78, 5) is 13.5. The second-order valence-corrected chi connectivity index (χ2v) is 6.48. The van der Waals surface area contributed by atoms with Gasteiger partial charge in [-0.2, -0.15) is 0 Å². The first-order chi connectivity index (χ1) is 12.0. The van der Waals surface area contributed by atoms with Crippen LogP contribution >= 0.6 is 0 Å². The summed E-state index contributed by atoms with van der Waals surface area (Å²) in [6.07, 6.45) is 1.03. The zero-order valence-electron chi connectivity index (χ0n) is 14.2. The SMILES string of the molecule is C[C@@H]1C[C@@H](c2ccc(F)cc2)CN1CCOc1ccccc1C(=O)O. The van der Waals surface area contributed by atoms with Crippen molar-refractivity contribution in [2.45, 2.75) is 25.3 Å². The van der Waals surface area contributed by atoms with E-state index in [1.807, 2.05) is 12.1 Å². The van der Waals surface area contributed by atoms with Crippen LogP contribution in [0, 0.1) is 5.82 Å². The molecule has 132 valence electrons. The first-order valence-corrected chi connectivity index (χ1v) is 8.49. The van der Waals surface area contributed by atoms with E-state index in [1.54, 1.807) is 24.3 Å². The molecule has 0 saturated carbocycles. The quantitative estimate of drug-likeness (QED) is 0.867. The Hall–Kier alpha value is -2.40. The Morgan fingerprint density at radius 1 is 1.24 bits per heavy atom. The van der Waals surface area contributed by atoms with E-state index < -0.39 is 5.97 Å². The average Bonchev–Trinajstić information content (AvgIpc) is 2.97. The molecule has 0 bridgehead atoms. The number of carboxylic acid groups (broad SMARTS) is 1. The third kappa shape index (κ3) is 4.17. The topological polar surface area (TPSA) is 49.8 Å². The van der Waals surface area contributed by atoms with Crippen LogP contribution in [0.4, 0.5) is 4.39 Å². The fourth-order valence-corrected chi connectivity index (χ4v) is 3.43. The number of benzene rings is 2. The number of para-hydroxylation sites is 1. The molecule has 2 aromatic carbocycles. The van der Waals surface area contributed by atoms with Crippen molar-refractivity contribution in [1.82, 2.24) is 4.90 Å². The minimum absolute atomic E-state index is 0.182. The van der Waals surface area contributed by atoms with Gasteiger partial charge in [0.2, 0.25) is 0 Å². The van der Waals surface area contributed by atoms with Crippen LogP contribution in [0.15, 0.2) is 48.5 Å². The van der Waals surface area contributed by atoms with Gasteiger partial charge in [0.05, 0.1) is 0 Å². The third-order valence-corrected chi connectivity index (χ3v) is 4.80. The maximum Gasteiger partial charge on any atom is 0.339 e. The fraction of sp³-hybridized carbons (Fsp3) is 0.350. The number of nitrogens with zero attached hydrogens (tertiary/aromatic N) is 1. The van der Waals surface area contributed by atoms with Crippen LogP contribution in [0.2, 0.25) is 0 Å². The number of halogens is 1. The molecule has 1 heterocycles. The molecule has 1 N–H and O–H groups in total. The van der Waals surface area contributed by atoms with E-state index in [0.29, 0.717) is 24.3 Å². The molecule has 0 spiro atoms. The van der Waals surface area contributed by atoms with E-state index in [2.05, 4.69) is 11.8 Å². The van der Waals surface area contributed by atoms with Gasteiger partial charge in [0.25, 0.3) is 0 Å². The standard InChI is InChI=1S/C20H22FNO3/c1-14-12-16(15-6-8-17(21)9-7-15)13-22(14)10-11-25-19-5-3-2-4-18(19)20(23)24/h2-9,14,16H,10-13H2,1H3,(H,23,24)/t14-,16-/m1/s1. The lowest BCUT2D eigenvalue weighted by molar-refractivity contribution is 0.0691. The van der Waals surface area contributed by atoms with Crippen molar-refractivity contribution in [3.63, 3.8) is 0 Å². The molecule has 1 aliphatic heterocycles. The predicted molar refractivity (Wildman–Crippen MR) is 93.7 cm³/mol. The Bertz CT molecular complexity index is 732. The molecule has 0 unspecified atom stereocenters. The van der Waals surface area contributed by atoms with Crippen LogP contribution in [0.3, 0.4) is 0 Å². The largest absolute Gasteiger partial charge is 0.491 e. The van der Waals surface area contributed by atoms with Gasteiger partial charge in [-0.05, 0) is 49.1 Å². The van der Waals surface area contributed by atoms with Gasteiger partial charge in [-0.3, -0.25) is 4.90 Å². The Morgan fingerprint density at radius 3 is 2.68 bits per heavy atom. The van der Waals surface area contributed by atoms with Gasteiger partial charge in [-0.1, -0.05) is 24.3 Å². The van der Waals surface area contributed by atoms with Crippen LogP contribution in [0.25, 0.3) is 0 Å². The number of hydrogen-bond donors (Lipinski definition) is 1. The maximum absolute atomic E-state index is 13.1. The number of carboxylic acids is 1. The molecule has 1 aliphatic rings. The van der Waals surface area contributed by atoms with Crippen molar-refractivity contribution in [3.05, 3.63) is 65.5 Å². The molecule has 5 heteroatoms. The summed E-state index contributed by atoms with van der Waals surface area (Å²) in [5.74, 6) is -0.405. The summed E-state index contributed by atoms with van der Waals surface area (Å²) in [7, 11) is 0. The summed E-state index contributed by atoms with van der Waals surface area (Å²) < 4.78 is 18.8. The Morgan fingerprint density at radius 2 is 1.96 bits per heavy atom. The molecule has 1 saturated heterocycles. The summed E-state index contributed by atoms with van der Waals surface area (Å²) >= 11 is 0. The highest BCUT2D eigenvalue weighted by Crippen LogP contribution is 2.31. The first-order valence-electron chi connectivity index (χ1n) is 8.49. The molecule has 0 aromatic heterocycles. The van der Waals surface area contributed by atoms with Crippen molar-refractivity contribution in [3.8, 4) is 5.75 Å². The van der Waals surface area contributed by atoms with Gasteiger partial charge in [-0.15, -0.1) is 0 Å². The molecule has 0 aliphatic carbocycles. The zero-order valence-corrected chi connectivity index (χ0v) is 14.2. The van der Waals surface area contributed by atoms with Crippen molar-refractivity contribution >= 4 is 5.97 Å². The van der Waals surface area contributed by atoms with E-state index in [9.17, 15) is 14.3 Å². The lowest BCUT2D eigenvalue weighted by Crippen LogP contribution is -2.31. The second-order valence-electron chi connectivity index (χ2n) is 6.48. The lowest BCUT2D eigenvalue weighted by Gasteiger charge is -2.21. The fourth-order valence-electron chi connectivity index (χ4n) is 3.43. The first kappa shape index (κ1) is 17.4. The van der Waals surface area contributed by atoms with Gasteiger partial charge in [0, 0.05) is 19.1 Å². The molecule has 4 nitrogen and oxygen atoms in total. The normalized spacial score (nSPS) is 20.6. The average molecular weight is 343 g/mol. The third-order valence-electron chi connectivity index (χ3n) is 4.80. The minimum atomic E-state index is -0.985. The van der Waals surface area contributed by atoms with Crippen molar-refractivity contribution in [2.75, 3.05) is 19.7 Å². The zero-order chi connectivity index (χ0) is 17.8. The van der Waals surface area contributed by atoms with Crippen LogP contribution in [-0.4, -0.2) is 41.7 Å². The minimum Gasteiger partial charge on any atom is -0.491 e. The maximum atomic E-state index is 13.1. The molecule has 25 heavy (non-hydrogen) atoms. The Kier molecular flexibility index (Phi) is 5.34. The highest BCUT2D eigenvalue weighted by atomic mass is 19.1. The van der Waals surface area contributed by atoms with Gasteiger partial charge in [0.1, 0.15) is 23.7 Å². The number of carbonyl (C=O) groups is 1. The van der Waals surface area contributed by atoms with Crippen LogP contribution in [-0.2, 0) is 0 Å². The smallest absolute Gasteiger partial charge is 0.339 e. The number of rotatable bonds is 6. The molecule has 2 atom stereocenters. The molecule has 0 amide bonds. The molecular weight excluding hydrogens is 321 g/mol. The van der Waals surface area contributed by atoms with E-state index in [-0.39, 0.29) is 11.4 Å². The van der Waals surface area contributed by atoms with Gasteiger partial charge >= 0.3 is 5.97 Å². The Balaban J connectivity index is 1.55. The molecule has 1 fully saturated rings. The molecule has 3 rings (SSSR count). The monoisotopic (exact) mass is 343 g/mol. The summed E-state index contributed by atoms with van der Waals surface area (Å²) in [5, 5.41) is 9.18. The van der Waals surface area contributed by atoms with Gasteiger partial charge < -0.3 is 9.84 Å². The van der Waals surface area contributed by atoms with E-state index in [0.717, 1.165) is 25.1 Å². The lowest BCUT2D eigenvalue weighted by atomic mass is 9.97. The van der Waals surface area contributed by atoms with Gasteiger partial charge in [0.15, 0.2) is 0 Å². The molecular formula is C20H22FNO3. The predicted octanol–water partition coefficient (Wildman–Crippen LogP) is 3.78.